The van der Waals surface area contributed by atoms with Crippen molar-refractivity contribution in [3.63, 3.8) is 0 Å². The van der Waals surface area contributed by atoms with Crippen molar-refractivity contribution in [3.8, 4) is 5.69 Å². The number of benzene rings is 1. The van der Waals surface area contributed by atoms with E-state index in [9.17, 15) is 0 Å². The highest BCUT2D eigenvalue weighted by molar-refractivity contribution is 7.19. The van der Waals surface area contributed by atoms with Crippen molar-refractivity contribution < 1.29 is 0 Å². The predicted molar refractivity (Wildman–Crippen MR) is 141 cm³/mol. The fraction of sp³-hybridized carbons (Fsp3) is 0.407. The van der Waals surface area contributed by atoms with Crippen LogP contribution in [0.25, 0.3) is 15.9 Å². The third-order valence-corrected chi connectivity index (χ3v) is 8.77. The van der Waals surface area contributed by atoms with Crippen LogP contribution in [0, 0.1) is 25.2 Å². The van der Waals surface area contributed by atoms with Crippen molar-refractivity contribution >= 4 is 33.6 Å². The molecule has 0 spiro atoms. The van der Waals surface area contributed by atoms with E-state index in [2.05, 4.69) is 60.3 Å². The second-order valence-electron chi connectivity index (χ2n) is 9.89. The van der Waals surface area contributed by atoms with Crippen molar-refractivity contribution in [2.45, 2.75) is 60.3 Å². The van der Waals surface area contributed by atoms with Crippen LogP contribution in [0.1, 0.15) is 61.0 Å². The van der Waals surface area contributed by atoms with Gasteiger partial charge in [-0.25, -0.2) is 14.6 Å². The van der Waals surface area contributed by atoms with E-state index in [0.717, 1.165) is 51.5 Å². The molecule has 6 nitrogen and oxygen atoms in total. The zero-order chi connectivity index (χ0) is 23.9. The van der Waals surface area contributed by atoms with Crippen LogP contribution in [-0.4, -0.2) is 26.0 Å². The molecule has 1 aromatic carbocycles. The molecule has 0 radical (unpaired) electrons. The SMILES string of the molecule is CCC(C)(C)C1CCc2sc3ncnc(NN=Cc4c(C)nn(-c5ccccc5)c4C)c3c2C1. The summed E-state index contributed by atoms with van der Waals surface area (Å²) in [5, 5.41) is 10.5. The number of fused-ring (bicyclic) bond motifs is 3. The van der Waals surface area contributed by atoms with Gasteiger partial charge >= 0.3 is 0 Å². The molecule has 3 aromatic heterocycles. The maximum absolute atomic E-state index is 4.72. The van der Waals surface area contributed by atoms with Crippen molar-refractivity contribution in [1.29, 1.82) is 0 Å². The average Bonchev–Trinajstić information content (AvgIpc) is 3.36. The lowest BCUT2D eigenvalue weighted by Crippen LogP contribution is -2.28. The lowest BCUT2D eigenvalue weighted by Gasteiger charge is -2.36. The minimum absolute atomic E-state index is 0.335. The molecule has 3 heterocycles. The molecule has 1 aliphatic rings. The molecular formula is C27H32N6S. The monoisotopic (exact) mass is 472 g/mol. The zero-order valence-corrected chi connectivity index (χ0v) is 21.4. The Hall–Kier alpha value is -3.06. The van der Waals surface area contributed by atoms with Crippen LogP contribution in [0.5, 0.6) is 0 Å². The van der Waals surface area contributed by atoms with Crippen LogP contribution in [0.15, 0.2) is 41.8 Å². The number of anilines is 1. The van der Waals surface area contributed by atoms with E-state index in [1.54, 1.807) is 6.33 Å². The maximum Gasteiger partial charge on any atom is 0.158 e. The molecule has 5 rings (SSSR count). The van der Waals surface area contributed by atoms with E-state index >= 15 is 0 Å². The first-order chi connectivity index (χ1) is 16.4. The van der Waals surface area contributed by atoms with Crippen LogP contribution < -0.4 is 5.43 Å². The van der Waals surface area contributed by atoms with Gasteiger partial charge < -0.3 is 0 Å². The molecular weight excluding hydrogens is 440 g/mol. The van der Waals surface area contributed by atoms with Crippen molar-refractivity contribution in [3.05, 3.63) is 64.1 Å². The summed E-state index contributed by atoms with van der Waals surface area (Å²) in [5.41, 5.74) is 9.04. The van der Waals surface area contributed by atoms with E-state index in [0.29, 0.717) is 11.3 Å². The third kappa shape index (κ3) is 4.02. The highest BCUT2D eigenvalue weighted by Crippen LogP contribution is 2.45. The molecule has 7 heteroatoms. The molecule has 34 heavy (non-hydrogen) atoms. The number of rotatable bonds is 6. The maximum atomic E-state index is 4.72. The molecule has 0 fully saturated rings. The Balaban J connectivity index is 1.44. The topological polar surface area (TPSA) is 68.0 Å². The lowest BCUT2D eigenvalue weighted by molar-refractivity contribution is 0.184. The van der Waals surface area contributed by atoms with Crippen LogP contribution >= 0.6 is 11.3 Å². The van der Waals surface area contributed by atoms with Gasteiger partial charge in [-0.1, -0.05) is 45.4 Å². The minimum atomic E-state index is 0.335. The van der Waals surface area contributed by atoms with Gasteiger partial charge in [0.2, 0.25) is 0 Å². The smallest absolute Gasteiger partial charge is 0.158 e. The molecule has 0 amide bonds. The molecule has 1 N–H and O–H groups in total. The quantitative estimate of drug-likeness (QED) is 0.258. The number of hydrogen-bond acceptors (Lipinski definition) is 6. The van der Waals surface area contributed by atoms with Crippen LogP contribution in [0.3, 0.4) is 0 Å². The first-order valence-electron chi connectivity index (χ1n) is 12.0. The number of aryl methyl sites for hydroxylation is 2. The number of hydrazone groups is 1. The Kier molecular flexibility index (Phi) is 5.98. The van der Waals surface area contributed by atoms with Gasteiger partial charge in [0.1, 0.15) is 11.2 Å². The molecule has 0 saturated carbocycles. The Labute approximate surface area is 205 Å². The molecule has 0 aliphatic heterocycles. The van der Waals surface area contributed by atoms with Gasteiger partial charge in [0.05, 0.1) is 28.7 Å². The van der Waals surface area contributed by atoms with Crippen LogP contribution in [0.2, 0.25) is 0 Å². The Morgan fingerprint density at radius 1 is 1.21 bits per heavy atom. The molecule has 0 saturated heterocycles. The average molecular weight is 473 g/mol. The number of aromatic nitrogens is 4. The van der Waals surface area contributed by atoms with Gasteiger partial charge in [0.25, 0.3) is 0 Å². The van der Waals surface area contributed by atoms with Gasteiger partial charge in [0, 0.05) is 10.4 Å². The predicted octanol–water partition coefficient (Wildman–Crippen LogP) is 6.48. The first kappa shape index (κ1) is 22.7. The second kappa shape index (κ2) is 8.95. The second-order valence-corrected chi connectivity index (χ2v) is 11.0. The van der Waals surface area contributed by atoms with Crippen molar-refractivity contribution in [2.75, 3.05) is 5.43 Å². The summed E-state index contributed by atoms with van der Waals surface area (Å²) in [4.78, 5) is 11.7. The zero-order valence-electron chi connectivity index (χ0n) is 20.6. The van der Waals surface area contributed by atoms with E-state index < -0.39 is 0 Å². The number of para-hydroxylation sites is 1. The first-order valence-corrected chi connectivity index (χ1v) is 12.9. The van der Waals surface area contributed by atoms with Gasteiger partial charge in [-0.15, -0.1) is 11.3 Å². The fourth-order valence-corrected chi connectivity index (χ4v) is 6.15. The minimum Gasteiger partial charge on any atom is -0.261 e. The standard InChI is InChI=1S/C27H32N6S/c1-6-27(4,5)19-12-13-23-21(14-19)24-25(28-16-29-26(24)34-23)31-30-15-22-17(2)32-33(18(22)3)20-10-8-7-9-11-20/h7-11,15-16,19H,6,12-14H2,1-5H3,(H,28,29,31). The van der Waals surface area contributed by atoms with Crippen LogP contribution in [-0.2, 0) is 12.8 Å². The highest BCUT2D eigenvalue weighted by Gasteiger charge is 2.33. The summed E-state index contributed by atoms with van der Waals surface area (Å²) in [6.07, 6.45) is 8.15. The normalized spacial score (nSPS) is 16.3. The summed E-state index contributed by atoms with van der Waals surface area (Å²) in [6, 6.07) is 10.2. The fourth-order valence-electron chi connectivity index (χ4n) is 4.97. The molecule has 4 aromatic rings. The molecule has 1 unspecified atom stereocenters. The van der Waals surface area contributed by atoms with E-state index in [1.165, 1.54) is 23.3 Å². The number of thiophene rings is 1. The van der Waals surface area contributed by atoms with E-state index in [1.807, 2.05) is 47.4 Å². The largest absolute Gasteiger partial charge is 0.261 e. The summed E-state index contributed by atoms with van der Waals surface area (Å²) in [7, 11) is 0. The molecule has 0 bridgehead atoms. The van der Waals surface area contributed by atoms with Gasteiger partial charge in [-0.05, 0) is 62.1 Å². The van der Waals surface area contributed by atoms with Crippen LogP contribution in [0.4, 0.5) is 5.82 Å². The lowest BCUT2D eigenvalue weighted by atomic mass is 9.69. The van der Waals surface area contributed by atoms with Gasteiger partial charge in [-0.3, -0.25) is 5.43 Å². The third-order valence-electron chi connectivity index (χ3n) is 7.57. The van der Waals surface area contributed by atoms with E-state index in [4.69, 9.17) is 5.10 Å². The summed E-state index contributed by atoms with van der Waals surface area (Å²) >= 11 is 1.81. The number of nitrogens with one attached hydrogen (secondary N) is 1. The van der Waals surface area contributed by atoms with Gasteiger partial charge in [-0.2, -0.15) is 10.2 Å². The number of hydrogen-bond donors (Lipinski definition) is 1. The molecule has 1 aliphatic carbocycles. The highest BCUT2D eigenvalue weighted by atomic mass is 32.1. The summed E-state index contributed by atoms with van der Waals surface area (Å²) < 4.78 is 1.96. The number of nitrogens with zero attached hydrogens (tertiary/aromatic N) is 5. The molecule has 176 valence electrons. The van der Waals surface area contributed by atoms with Gasteiger partial charge in [0.15, 0.2) is 5.82 Å². The summed E-state index contributed by atoms with van der Waals surface area (Å²) in [6.45, 7) is 11.2. The van der Waals surface area contributed by atoms with E-state index in [-0.39, 0.29) is 0 Å². The molecule has 1 atom stereocenters. The van der Waals surface area contributed by atoms with Crippen molar-refractivity contribution in [1.82, 2.24) is 19.7 Å². The summed E-state index contributed by atoms with van der Waals surface area (Å²) in [5.74, 6) is 1.47. The Bertz CT molecular complexity index is 1350. The Morgan fingerprint density at radius 3 is 2.76 bits per heavy atom. The Morgan fingerprint density at radius 2 is 2.00 bits per heavy atom. The van der Waals surface area contributed by atoms with Crippen molar-refractivity contribution in [2.24, 2.45) is 16.4 Å².